The zero-order valence-corrected chi connectivity index (χ0v) is 10.2. The fourth-order valence-corrected chi connectivity index (χ4v) is 2.14. The molecule has 3 N–H and O–H groups in total. The Bertz CT molecular complexity index is 481. The third-order valence-electron chi connectivity index (χ3n) is 2.15. The predicted octanol–water partition coefficient (Wildman–Crippen LogP) is 2.01. The molecule has 0 spiro atoms. The van der Waals surface area contributed by atoms with Crippen molar-refractivity contribution in [3.05, 3.63) is 18.2 Å². The van der Waals surface area contributed by atoms with E-state index in [2.05, 4.69) is 9.97 Å². The number of nitrogens with two attached hydrogens (primary N) is 1. The average Bonchev–Trinajstić information content (AvgIpc) is 2.67. The Morgan fingerprint density at radius 2 is 2.38 bits per heavy atom. The van der Waals surface area contributed by atoms with Crippen molar-refractivity contribution in [3.8, 4) is 5.75 Å². The molecule has 1 aromatic carbocycles. The Morgan fingerprint density at radius 3 is 3.06 bits per heavy atom. The zero-order valence-electron chi connectivity index (χ0n) is 9.36. The standard InChI is InChI=1S/C11H15N3OS/c1-7(12)6-16-11-13-9-4-3-8(15-2)5-10(9)14-11/h3-5,7H,6,12H2,1-2H3,(H,13,14)/t7-/m1/s1. The van der Waals surface area contributed by atoms with Crippen LogP contribution in [-0.4, -0.2) is 28.9 Å². The van der Waals surface area contributed by atoms with Gasteiger partial charge in [-0.15, -0.1) is 0 Å². The maximum Gasteiger partial charge on any atom is 0.166 e. The molecular formula is C11H15N3OS. The van der Waals surface area contributed by atoms with Crippen LogP contribution in [0.1, 0.15) is 6.92 Å². The fourth-order valence-electron chi connectivity index (χ4n) is 1.37. The number of nitrogens with zero attached hydrogens (tertiary/aromatic N) is 1. The molecule has 5 heteroatoms. The number of nitrogens with one attached hydrogen (secondary N) is 1. The topological polar surface area (TPSA) is 63.9 Å². The average molecular weight is 237 g/mol. The van der Waals surface area contributed by atoms with Crippen LogP contribution in [0.3, 0.4) is 0 Å². The van der Waals surface area contributed by atoms with Crippen LogP contribution in [0.25, 0.3) is 11.0 Å². The number of ether oxygens (including phenoxy) is 1. The van der Waals surface area contributed by atoms with E-state index in [9.17, 15) is 0 Å². The van der Waals surface area contributed by atoms with E-state index in [1.807, 2.05) is 25.1 Å². The number of fused-ring (bicyclic) bond motifs is 1. The number of imidazole rings is 1. The van der Waals surface area contributed by atoms with E-state index in [1.54, 1.807) is 18.9 Å². The summed E-state index contributed by atoms with van der Waals surface area (Å²) in [6.07, 6.45) is 0. The normalized spacial score (nSPS) is 12.9. The van der Waals surface area contributed by atoms with Gasteiger partial charge in [0.1, 0.15) is 5.75 Å². The predicted molar refractivity (Wildman–Crippen MR) is 67.0 cm³/mol. The summed E-state index contributed by atoms with van der Waals surface area (Å²) in [5, 5.41) is 0.903. The van der Waals surface area contributed by atoms with Crippen LogP contribution >= 0.6 is 11.8 Å². The molecule has 0 bridgehead atoms. The van der Waals surface area contributed by atoms with Crippen molar-refractivity contribution >= 4 is 22.8 Å². The van der Waals surface area contributed by atoms with Gasteiger partial charge in [-0.05, 0) is 19.1 Å². The molecule has 0 fully saturated rings. The summed E-state index contributed by atoms with van der Waals surface area (Å²) in [6.45, 7) is 1.98. The van der Waals surface area contributed by atoms with Gasteiger partial charge in [-0.1, -0.05) is 11.8 Å². The molecule has 1 heterocycles. The van der Waals surface area contributed by atoms with Crippen molar-refractivity contribution in [3.63, 3.8) is 0 Å². The second-order valence-electron chi connectivity index (χ2n) is 3.71. The number of hydrogen-bond acceptors (Lipinski definition) is 4. The fraction of sp³-hybridized carbons (Fsp3) is 0.364. The quantitative estimate of drug-likeness (QED) is 0.798. The number of benzene rings is 1. The van der Waals surface area contributed by atoms with Gasteiger partial charge in [-0.25, -0.2) is 4.98 Å². The molecule has 4 nitrogen and oxygen atoms in total. The summed E-state index contributed by atoms with van der Waals surface area (Å²) in [5.41, 5.74) is 7.64. The number of methoxy groups -OCH3 is 1. The van der Waals surface area contributed by atoms with Crippen LogP contribution in [0.5, 0.6) is 5.75 Å². The van der Waals surface area contributed by atoms with Crippen molar-refractivity contribution in [1.29, 1.82) is 0 Å². The lowest BCUT2D eigenvalue weighted by Gasteiger charge is -2.00. The van der Waals surface area contributed by atoms with E-state index in [0.717, 1.165) is 27.7 Å². The minimum absolute atomic E-state index is 0.174. The van der Waals surface area contributed by atoms with E-state index in [4.69, 9.17) is 10.5 Å². The molecule has 86 valence electrons. The van der Waals surface area contributed by atoms with E-state index in [-0.39, 0.29) is 6.04 Å². The van der Waals surface area contributed by atoms with Crippen molar-refractivity contribution in [2.45, 2.75) is 18.1 Å². The Balaban J connectivity index is 2.22. The molecule has 1 aromatic heterocycles. The van der Waals surface area contributed by atoms with E-state index < -0.39 is 0 Å². The lowest BCUT2D eigenvalue weighted by atomic mass is 10.3. The molecule has 0 saturated heterocycles. The first-order valence-electron chi connectivity index (χ1n) is 5.11. The van der Waals surface area contributed by atoms with Gasteiger partial charge in [0.25, 0.3) is 0 Å². The molecule has 0 amide bonds. The number of H-pyrrole nitrogens is 1. The first-order valence-corrected chi connectivity index (χ1v) is 6.09. The second kappa shape index (κ2) is 4.76. The Hall–Kier alpha value is -1.20. The minimum Gasteiger partial charge on any atom is -0.497 e. The van der Waals surface area contributed by atoms with Gasteiger partial charge in [-0.3, -0.25) is 0 Å². The highest BCUT2D eigenvalue weighted by Crippen LogP contribution is 2.23. The second-order valence-corrected chi connectivity index (χ2v) is 4.72. The molecule has 2 rings (SSSR count). The molecule has 2 aromatic rings. The third kappa shape index (κ3) is 2.48. The van der Waals surface area contributed by atoms with Crippen LogP contribution < -0.4 is 10.5 Å². The first-order chi connectivity index (χ1) is 7.69. The van der Waals surface area contributed by atoms with E-state index >= 15 is 0 Å². The monoisotopic (exact) mass is 237 g/mol. The van der Waals surface area contributed by atoms with Crippen molar-refractivity contribution in [2.75, 3.05) is 12.9 Å². The van der Waals surface area contributed by atoms with Gasteiger partial charge in [-0.2, -0.15) is 0 Å². The van der Waals surface area contributed by atoms with Crippen LogP contribution in [0.2, 0.25) is 0 Å². The number of thioether (sulfide) groups is 1. The maximum absolute atomic E-state index is 5.70. The van der Waals surface area contributed by atoms with Gasteiger partial charge >= 0.3 is 0 Å². The minimum atomic E-state index is 0.174. The smallest absolute Gasteiger partial charge is 0.166 e. The molecule has 0 aliphatic carbocycles. The van der Waals surface area contributed by atoms with Crippen LogP contribution in [-0.2, 0) is 0 Å². The van der Waals surface area contributed by atoms with Gasteiger partial charge < -0.3 is 15.5 Å². The molecular weight excluding hydrogens is 222 g/mol. The molecule has 0 radical (unpaired) electrons. The number of hydrogen-bond donors (Lipinski definition) is 2. The lowest BCUT2D eigenvalue weighted by Crippen LogP contribution is -2.17. The summed E-state index contributed by atoms with van der Waals surface area (Å²) in [7, 11) is 1.66. The molecule has 1 atom stereocenters. The van der Waals surface area contributed by atoms with E-state index in [1.165, 1.54) is 0 Å². The van der Waals surface area contributed by atoms with Crippen LogP contribution in [0.15, 0.2) is 23.4 Å². The van der Waals surface area contributed by atoms with Crippen molar-refractivity contribution in [2.24, 2.45) is 5.73 Å². The van der Waals surface area contributed by atoms with Crippen molar-refractivity contribution in [1.82, 2.24) is 9.97 Å². The highest BCUT2D eigenvalue weighted by Gasteiger charge is 2.05. The first kappa shape index (κ1) is 11.3. The largest absolute Gasteiger partial charge is 0.497 e. The summed E-state index contributed by atoms with van der Waals surface area (Å²) < 4.78 is 5.16. The molecule has 0 aliphatic rings. The number of aromatic nitrogens is 2. The highest BCUT2D eigenvalue weighted by atomic mass is 32.2. The number of rotatable bonds is 4. The molecule has 0 saturated carbocycles. The maximum atomic E-state index is 5.70. The van der Waals surface area contributed by atoms with Crippen LogP contribution in [0.4, 0.5) is 0 Å². The third-order valence-corrected chi connectivity index (χ3v) is 3.31. The van der Waals surface area contributed by atoms with E-state index in [0.29, 0.717) is 0 Å². The van der Waals surface area contributed by atoms with Gasteiger partial charge in [0.15, 0.2) is 5.16 Å². The summed E-state index contributed by atoms with van der Waals surface area (Å²) in [6, 6.07) is 5.97. The lowest BCUT2D eigenvalue weighted by molar-refractivity contribution is 0.415. The Kier molecular flexibility index (Phi) is 3.36. The summed E-state index contributed by atoms with van der Waals surface area (Å²) in [5.74, 6) is 1.69. The van der Waals surface area contributed by atoms with Crippen LogP contribution in [0, 0.1) is 0 Å². The Morgan fingerprint density at radius 1 is 1.56 bits per heavy atom. The molecule has 16 heavy (non-hydrogen) atoms. The summed E-state index contributed by atoms with van der Waals surface area (Å²) in [4.78, 5) is 7.70. The zero-order chi connectivity index (χ0) is 11.5. The van der Waals surface area contributed by atoms with Gasteiger partial charge in [0, 0.05) is 17.9 Å². The van der Waals surface area contributed by atoms with Gasteiger partial charge in [0.2, 0.25) is 0 Å². The molecule has 0 unspecified atom stereocenters. The number of aromatic amines is 1. The van der Waals surface area contributed by atoms with Crippen molar-refractivity contribution < 1.29 is 4.74 Å². The van der Waals surface area contributed by atoms with Gasteiger partial charge in [0.05, 0.1) is 18.1 Å². The Labute approximate surface area is 98.6 Å². The highest BCUT2D eigenvalue weighted by molar-refractivity contribution is 7.99. The SMILES string of the molecule is COc1ccc2nc(SC[C@@H](C)N)[nH]c2c1. The summed E-state index contributed by atoms with van der Waals surface area (Å²) >= 11 is 1.64. The molecule has 0 aliphatic heterocycles.